The van der Waals surface area contributed by atoms with Gasteiger partial charge in [-0.25, -0.2) is 0 Å². The first-order valence-corrected chi connectivity index (χ1v) is 9.60. The van der Waals surface area contributed by atoms with Gasteiger partial charge in [0, 0.05) is 24.0 Å². The van der Waals surface area contributed by atoms with E-state index < -0.39 is 11.8 Å². The van der Waals surface area contributed by atoms with Crippen LogP contribution in [0.4, 0.5) is 5.69 Å². The van der Waals surface area contributed by atoms with E-state index in [0.29, 0.717) is 5.02 Å². The van der Waals surface area contributed by atoms with E-state index in [-0.39, 0.29) is 28.8 Å². The molecule has 1 atom stereocenters. The molecule has 0 saturated heterocycles. The lowest BCUT2D eigenvalue weighted by atomic mass is 10.1. The van der Waals surface area contributed by atoms with E-state index >= 15 is 0 Å². The van der Waals surface area contributed by atoms with Gasteiger partial charge in [-0.1, -0.05) is 35.9 Å². The molecule has 9 heteroatoms. The molecule has 2 aromatic heterocycles. The van der Waals surface area contributed by atoms with E-state index in [2.05, 4.69) is 20.0 Å². The second kappa shape index (κ2) is 8.81. The largest absolute Gasteiger partial charge is 0.395 e. The molecule has 0 spiro atoms. The van der Waals surface area contributed by atoms with Gasteiger partial charge in [-0.3, -0.25) is 14.6 Å². The van der Waals surface area contributed by atoms with Crippen LogP contribution in [0.1, 0.15) is 44.3 Å². The minimum Gasteiger partial charge on any atom is -0.395 e. The molecule has 4 N–H and O–H groups in total. The highest BCUT2D eigenvalue weighted by molar-refractivity contribution is 7.09. The molecule has 2 heterocycles. The Kier molecular flexibility index (Phi) is 6.23. The lowest BCUT2D eigenvalue weighted by Gasteiger charge is -2.13. The number of nitrogens with zero attached hydrogens (tertiary/aromatic N) is 2. The second-order valence-corrected chi connectivity index (χ2v) is 7.21. The molecule has 0 radical (unpaired) electrons. The number of nitrogens with one attached hydrogen (secondary N) is 2. The highest BCUT2D eigenvalue weighted by Crippen LogP contribution is 2.23. The van der Waals surface area contributed by atoms with Gasteiger partial charge in [0.2, 0.25) is 0 Å². The van der Waals surface area contributed by atoms with E-state index in [1.807, 2.05) is 31.2 Å². The molecular formula is C19H18ClN5O2S. The van der Waals surface area contributed by atoms with Crippen molar-refractivity contribution in [1.82, 2.24) is 20.0 Å². The van der Waals surface area contributed by atoms with Crippen LogP contribution in [0.5, 0.6) is 0 Å². The molecule has 28 heavy (non-hydrogen) atoms. The molecule has 1 aromatic carbocycles. The van der Waals surface area contributed by atoms with Crippen molar-refractivity contribution in [3.63, 3.8) is 0 Å². The van der Waals surface area contributed by atoms with E-state index in [1.54, 1.807) is 24.5 Å². The topological polar surface area (TPSA) is 110 Å². The Morgan fingerprint density at radius 3 is 2.71 bits per heavy atom. The van der Waals surface area contributed by atoms with Gasteiger partial charge in [0.1, 0.15) is 4.88 Å². The minimum atomic E-state index is -0.465. The van der Waals surface area contributed by atoms with Crippen LogP contribution in [-0.4, -0.2) is 21.2 Å². The molecule has 3 rings (SSSR count). The maximum atomic E-state index is 12.5. The molecule has 144 valence electrons. The average molecular weight is 416 g/mol. The minimum absolute atomic E-state index is 0.0243. The number of aromatic nitrogens is 2. The second-order valence-electron chi connectivity index (χ2n) is 6.03. The third kappa shape index (κ3) is 4.47. The molecule has 0 unspecified atom stereocenters. The first-order chi connectivity index (χ1) is 13.5. The first-order valence-electron chi connectivity index (χ1n) is 8.45. The Labute approximate surface area is 171 Å². The highest BCUT2D eigenvalue weighted by atomic mass is 35.5. The summed E-state index contributed by atoms with van der Waals surface area (Å²) in [4.78, 5) is 29.1. The van der Waals surface area contributed by atoms with Crippen molar-refractivity contribution in [1.29, 1.82) is 0 Å². The van der Waals surface area contributed by atoms with Crippen molar-refractivity contribution in [3.8, 4) is 0 Å². The summed E-state index contributed by atoms with van der Waals surface area (Å²) in [5.74, 6) is -0.857. The Morgan fingerprint density at radius 1 is 1.21 bits per heavy atom. The fourth-order valence-electron chi connectivity index (χ4n) is 2.50. The number of anilines is 1. The summed E-state index contributed by atoms with van der Waals surface area (Å²) in [6, 6.07) is 10.6. The number of halogens is 1. The lowest BCUT2D eigenvalue weighted by molar-refractivity contribution is 0.0942. The summed E-state index contributed by atoms with van der Waals surface area (Å²) in [7, 11) is 0. The molecule has 7 nitrogen and oxygen atoms in total. The number of pyridine rings is 1. The third-order valence-corrected chi connectivity index (χ3v) is 5.31. The van der Waals surface area contributed by atoms with Crippen molar-refractivity contribution >= 4 is 40.6 Å². The van der Waals surface area contributed by atoms with E-state index in [0.717, 1.165) is 22.7 Å². The van der Waals surface area contributed by atoms with Crippen LogP contribution in [0.2, 0.25) is 5.02 Å². The number of amides is 2. The van der Waals surface area contributed by atoms with Crippen LogP contribution in [0.25, 0.3) is 0 Å². The monoisotopic (exact) mass is 415 g/mol. The maximum absolute atomic E-state index is 12.5. The average Bonchev–Trinajstić information content (AvgIpc) is 3.09. The Balaban J connectivity index is 1.66. The normalized spacial score (nSPS) is 11.6. The molecule has 0 fully saturated rings. The number of carbonyl (C=O) groups is 2. The van der Waals surface area contributed by atoms with Crippen molar-refractivity contribution in [2.75, 3.05) is 5.73 Å². The molecule has 0 aliphatic rings. The Hall–Kier alpha value is -2.97. The summed E-state index contributed by atoms with van der Waals surface area (Å²) in [6.07, 6.45) is 3.33. The number of rotatable bonds is 6. The molecule has 0 aliphatic heterocycles. The van der Waals surface area contributed by atoms with Gasteiger partial charge >= 0.3 is 0 Å². The zero-order valence-electron chi connectivity index (χ0n) is 15.0. The fourth-order valence-corrected chi connectivity index (χ4v) is 3.41. The number of hydrogen-bond donors (Lipinski definition) is 3. The van der Waals surface area contributed by atoms with Gasteiger partial charge in [-0.2, -0.15) is 4.37 Å². The predicted molar refractivity (Wildman–Crippen MR) is 109 cm³/mol. The van der Waals surface area contributed by atoms with Crippen molar-refractivity contribution < 1.29 is 9.59 Å². The number of benzene rings is 1. The van der Waals surface area contributed by atoms with Crippen LogP contribution in [-0.2, 0) is 6.54 Å². The summed E-state index contributed by atoms with van der Waals surface area (Å²) >= 11 is 6.97. The van der Waals surface area contributed by atoms with Gasteiger partial charge < -0.3 is 16.4 Å². The van der Waals surface area contributed by atoms with Crippen LogP contribution >= 0.6 is 23.1 Å². The summed E-state index contributed by atoms with van der Waals surface area (Å²) in [5, 5.41) is 6.10. The smallest absolute Gasteiger partial charge is 0.273 e. The standard InChI is InChI=1S/C19H18ClN5O2S/c1-11(12-6-4-8-22-9-12)24-19(27)17-15(21)16(25-28-17)18(26)23-10-13-5-2-3-7-14(13)20/h2-9,11H,10,21H2,1H3,(H,23,26)(H,24,27)/t11-/m0/s1. The van der Waals surface area contributed by atoms with Crippen molar-refractivity contribution in [2.24, 2.45) is 0 Å². The van der Waals surface area contributed by atoms with E-state index in [4.69, 9.17) is 17.3 Å². The number of carbonyl (C=O) groups excluding carboxylic acids is 2. The summed E-state index contributed by atoms with van der Waals surface area (Å²) < 4.78 is 4.05. The van der Waals surface area contributed by atoms with E-state index in [1.165, 1.54) is 0 Å². The van der Waals surface area contributed by atoms with Gasteiger partial charge in [-0.05, 0) is 41.7 Å². The molecular weight excluding hydrogens is 398 g/mol. The highest BCUT2D eigenvalue weighted by Gasteiger charge is 2.23. The summed E-state index contributed by atoms with van der Waals surface area (Å²) in [6.45, 7) is 2.07. The number of hydrogen-bond acceptors (Lipinski definition) is 6. The third-order valence-electron chi connectivity index (χ3n) is 4.08. The zero-order chi connectivity index (χ0) is 20.1. The quantitative estimate of drug-likeness (QED) is 0.572. The predicted octanol–water partition coefficient (Wildman–Crippen LogP) is 3.19. The molecule has 2 amide bonds. The van der Waals surface area contributed by atoms with Crippen LogP contribution in [0.15, 0.2) is 48.8 Å². The lowest BCUT2D eigenvalue weighted by Crippen LogP contribution is -2.27. The first kappa shape index (κ1) is 19.8. The fraction of sp³-hybridized carbons (Fsp3) is 0.158. The number of nitrogen functional groups attached to an aromatic ring is 1. The number of nitrogens with two attached hydrogens (primary N) is 1. The van der Waals surface area contributed by atoms with Crippen LogP contribution in [0, 0.1) is 0 Å². The summed E-state index contributed by atoms with van der Waals surface area (Å²) in [5.41, 5.74) is 7.71. The van der Waals surface area contributed by atoms with Crippen molar-refractivity contribution in [3.05, 3.63) is 75.5 Å². The van der Waals surface area contributed by atoms with Gasteiger partial charge in [0.05, 0.1) is 11.7 Å². The van der Waals surface area contributed by atoms with Crippen molar-refractivity contribution in [2.45, 2.75) is 19.5 Å². The molecule has 0 aliphatic carbocycles. The van der Waals surface area contributed by atoms with E-state index in [9.17, 15) is 9.59 Å². The molecule has 3 aromatic rings. The molecule has 0 saturated carbocycles. The zero-order valence-corrected chi connectivity index (χ0v) is 16.6. The SMILES string of the molecule is C[C@H](NC(=O)c1snc(C(=O)NCc2ccccc2Cl)c1N)c1cccnc1. The Morgan fingerprint density at radius 2 is 2.00 bits per heavy atom. The molecule has 0 bridgehead atoms. The van der Waals surface area contributed by atoms with Crippen LogP contribution in [0.3, 0.4) is 0 Å². The van der Waals surface area contributed by atoms with Gasteiger partial charge in [0.25, 0.3) is 11.8 Å². The Bertz CT molecular complexity index is 993. The van der Waals surface area contributed by atoms with Crippen LogP contribution < -0.4 is 16.4 Å². The van der Waals surface area contributed by atoms with Gasteiger partial charge in [-0.15, -0.1) is 0 Å². The van der Waals surface area contributed by atoms with Gasteiger partial charge in [0.15, 0.2) is 5.69 Å². The maximum Gasteiger partial charge on any atom is 0.273 e.